The van der Waals surface area contributed by atoms with Gasteiger partial charge in [-0.05, 0) is 48.4 Å². The lowest BCUT2D eigenvalue weighted by Crippen LogP contribution is -2.44. The number of benzene rings is 2. The van der Waals surface area contributed by atoms with Crippen molar-refractivity contribution in [3.63, 3.8) is 0 Å². The van der Waals surface area contributed by atoms with E-state index < -0.39 is 0 Å². The summed E-state index contributed by atoms with van der Waals surface area (Å²) >= 11 is 0. The zero-order chi connectivity index (χ0) is 26.7. The quantitative estimate of drug-likeness (QED) is 0.359. The summed E-state index contributed by atoms with van der Waals surface area (Å²) in [6.45, 7) is 4.70. The SMILES string of the molecule is COc1ccccc1C(=O)N(CCCN1CCOCC1)CC(=O)N(Cc1ccc(F)cc1)Cc1ccco1. The maximum atomic E-state index is 13.7. The van der Waals surface area contributed by atoms with Gasteiger partial charge in [-0.1, -0.05) is 24.3 Å². The molecule has 1 saturated heterocycles. The zero-order valence-electron chi connectivity index (χ0n) is 21.7. The summed E-state index contributed by atoms with van der Waals surface area (Å²) in [5, 5.41) is 0. The standard InChI is InChI=1S/C29H34FN3O5/c1-36-27-8-3-2-7-26(27)29(35)32(14-5-13-31-15-18-37-19-16-31)22-28(34)33(21-25-6-4-17-38-25)20-23-9-11-24(30)12-10-23/h2-4,6-12,17H,5,13-16,18-22H2,1H3. The van der Waals surface area contributed by atoms with Crippen molar-refractivity contribution in [3.8, 4) is 5.75 Å². The molecule has 4 rings (SSSR count). The van der Waals surface area contributed by atoms with Crippen LogP contribution in [0.2, 0.25) is 0 Å². The highest BCUT2D eigenvalue weighted by molar-refractivity contribution is 5.98. The van der Waals surface area contributed by atoms with E-state index in [0.29, 0.717) is 43.3 Å². The number of rotatable bonds is 12. The first-order chi connectivity index (χ1) is 18.5. The lowest BCUT2D eigenvalue weighted by molar-refractivity contribution is -0.133. The Morgan fingerprint density at radius 2 is 1.74 bits per heavy atom. The Morgan fingerprint density at radius 3 is 2.45 bits per heavy atom. The molecule has 0 atom stereocenters. The van der Waals surface area contributed by atoms with E-state index in [1.165, 1.54) is 19.2 Å². The van der Waals surface area contributed by atoms with Crippen LogP contribution in [0.15, 0.2) is 71.3 Å². The van der Waals surface area contributed by atoms with E-state index in [1.54, 1.807) is 64.6 Å². The van der Waals surface area contributed by atoms with Crippen molar-refractivity contribution in [2.45, 2.75) is 19.5 Å². The van der Waals surface area contributed by atoms with Crippen molar-refractivity contribution in [2.75, 3.05) is 53.0 Å². The van der Waals surface area contributed by atoms with Gasteiger partial charge in [-0.3, -0.25) is 14.5 Å². The number of hydrogen-bond donors (Lipinski definition) is 0. The average Bonchev–Trinajstić information content (AvgIpc) is 3.46. The van der Waals surface area contributed by atoms with E-state index in [4.69, 9.17) is 13.9 Å². The molecule has 0 saturated carbocycles. The molecule has 202 valence electrons. The number of morpholine rings is 1. The van der Waals surface area contributed by atoms with Gasteiger partial charge in [0.05, 0.1) is 38.7 Å². The van der Waals surface area contributed by atoms with Crippen LogP contribution in [0.5, 0.6) is 5.75 Å². The monoisotopic (exact) mass is 523 g/mol. The predicted octanol–water partition coefficient (Wildman–Crippen LogP) is 3.82. The fourth-order valence-corrected chi connectivity index (χ4v) is 4.45. The molecule has 0 spiro atoms. The van der Waals surface area contributed by atoms with Gasteiger partial charge >= 0.3 is 0 Å². The number of nitrogens with zero attached hydrogens (tertiary/aromatic N) is 3. The van der Waals surface area contributed by atoms with Crippen LogP contribution in [0.1, 0.15) is 28.1 Å². The van der Waals surface area contributed by atoms with E-state index in [-0.39, 0.29) is 37.3 Å². The van der Waals surface area contributed by atoms with Gasteiger partial charge in [-0.15, -0.1) is 0 Å². The van der Waals surface area contributed by atoms with Gasteiger partial charge in [-0.25, -0.2) is 4.39 Å². The second-order valence-corrected chi connectivity index (χ2v) is 9.19. The van der Waals surface area contributed by atoms with Gasteiger partial charge in [-0.2, -0.15) is 0 Å². The molecule has 0 N–H and O–H groups in total. The molecule has 1 aliphatic rings. The maximum Gasteiger partial charge on any atom is 0.258 e. The zero-order valence-corrected chi connectivity index (χ0v) is 21.7. The van der Waals surface area contributed by atoms with Crippen molar-refractivity contribution < 1.29 is 27.9 Å². The molecule has 38 heavy (non-hydrogen) atoms. The highest BCUT2D eigenvalue weighted by Crippen LogP contribution is 2.20. The van der Waals surface area contributed by atoms with Gasteiger partial charge in [0, 0.05) is 32.7 Å². The van der Waals surface area contributed by atoms with E-state index in [0.717, 1.165) is 25.2 Å². The highest BCUT2D eigenvalue weighted by Gasteiger charge is 2.25. The molecule has 9 heteroatoms. The van der Waals surface area contributed by atoms with Gasteiger partial charge < -0.3 is 23.7 Å². The van der Waals surface area contributed by atoms with Crippen LogP contribution in [0.4, 0.5) is 4.39 Å². The second-order valence-electron chi connectivity index (χ2n) is 9.19. The Bertz CT molecular complexity index is 1160. The number of furan rings is 1. The Hall–Kier alpha value is -3.69. The molecule has 2 aromatic carbocycles. The fourth-order valence-electron chi connectivity index (χ4n) is 4.45. The molecular formula is C29H34FN3O5. The molecule has 0 aliphatic carbocycles. The minimum atomic E-state index is -0.341. The van der Waals surface area contributed by atoms with Crippen LogP contribution in [0.25, 0.3) is 0 Å². The third-order valence-electron chi connectivity index (χ3n) is 6.52. The van der Waals surface area contributed by atoms with Crippen molar-refractivity contribution in [3.05, 3.63) is 89.6 Å². The third kappa shape index (κ3) is 7.66. The Morgan fingerprint density at radius 1 is 0.974 bits per heavy atom. The molecule has 1 fully saturated rings. The van der Waals surface area contributed by atoms with Gasteiger partial charge in [0.2, 0.25) is 5.91 Å². The minimum Gasteiger partial charge on any atom is -0.496 e. The molecule has 0 unspecified atom stereocenters. The normalized spacial score (nSPS) is 13.7. The lowest BCUT2D eigenvalue weighted by atomic mass is 10.1. The van der Waals surface area contributed by atoms with Crippen LogP contribution in [-0.2, 0) is 22.6 Å². The smallest absolute Gasteiger partial charge is 0.258 e. The predicted molar refractivity (Wildman–Crippen MR) is 140 cm³/mol. The number of ether oxygens (including phenoxy) is 2. The van der Waals surface area contributed by atoms with Crippen molar-refractivity contribution in [1.82, 2.24) is 14.7 Å². The first kappa shape index (κ1) is 27.3. The first-order valence-corrected chi connectivity index (χ1v) is 12.8. The molecule has 2 heterocycles. The first-order valence-electron chi connectivity index (χ1n) is 12.8. The Kier molecular flexibility index (Phi) is 9.89. The maximum absolute atomic E-state index is 13.7. The van der Waals surface area contributed by atoms with E-state index in [2.05, 4.69) is 4.90 Å². The van der Waals surface area contributed by atoms with Crippen molar-refractivity contribution >= 4 is 11.8 Å². The molecule has 8 nitrogen and oxygen atoms in total. The van der Waals surface area contributed by atoms with E-state index in [1.807, 2.05) is 0 Å². The van der Waals surface area contributed by atoms with Crippen LogP contribution >= 0.6 is 0 Å². The molecule has 1 aromatic heterocycles. The average molecular weight is 524 g/mol. The van der Waals surface area contributed by atoms with Gasteiger partial charge in [0.15, 0.2) is 0 Å². The summed E-state index contributed by atoms with van der Waals surface area (Å²) < 4.78 is 29.8. The highest BCUT2D eigenvalue weighted by atomic mass is 19.1. The number of carbonyl (C=O) groups excluding carboxylic acids is 2. The number of methoxy groups -OCH3 is 1. The van der Waals surface area contributed by atoms with Crippen LogP contribution < -0.4 is 4.74 Å². The Labute approximate surface area is 222 Å². The molecule has 0 bridgehead atoms. The van der Waals surface area contributed by atoms with Gasteiger partial charge in [0.1, 0.15) is 23.9 Å². The van der Waals surface area contributed by atoms with Gasteiger partial charge in [0.25, 0.3) is 5.91 Å². The topological polar surface area (TPSA) is 75.5 Å². The molecule has 3 aromatic rings. The van der Waals surface area contributed by atoms with Crippen LogP contribution in [0, 0.1) is 5.82 Å². The van der Waals surface area contributed by atoms with Crippen LogP contribution in [0.3, 0.4) is 0 Å². The Balaban J connectivity index is 1.51. The lowest BCUT2D eigenvalue weighted by Gasteiger charge is -2.30. The summed E-state index contributed by atoms with van der Waals surface area (Å²) in [6, 6.07) is 16.6. The summed E-state index contributed by atoms with van der Waals surface area (Å²) in [5.41, 5.74) is 1.19. The number of halogens is 1. The van der Waals surface area contributed by atoms with Crippen molar-refractivity contribution in [1.29, 1.82) is 0 Å². The third-order valence-corrected chi connectivity index (χ3v) is 6.52. The fraction of sp³-hybridized carbons (Fsp3) is 0.379. The molecule has 2 amide bonds. The largest absolute Gasteiger partial charge is 0.496 e. The minimum absolute atomic E-state index is 0.109. The summed E-state index contributed by atoms with van der Waals surface area (Å²) in [4.78, 5) is 32.8. The number of hydrogen-bond acceptors (Lipinski definition) is 6. The number of para-hydroxylation sites is 1. The summed E-state index contributed by atoms with van der Waals surface area (Å²) in [7, 11) is 1.52. The molecule has 1 aliphatic heterocycles. The molecular weight excluding hydrogens is 489 g/mol. The summed E-state index contributed by atoms with van der Waals surface area (Å²) in [5.74, 6) is 0.238. The summed E-state index contributed by atoms with van der Waals surface area (Å²) in [6.07, 6.45) is 2.27. The molecule has 0 radical (unpaired) electrons. The van der Waals surface area contributed by atoms with Crippen LogP contribution in [-0.4, -0.2) is 79.6 Å². The second kappa shape index (κ2) is 13.7. The van der Waals surface area contributed by atoms with Crippen molar-refractivity contribution in [2.24, 2.45) is 0 Å². The van der Waals surface area contributed by atoms with E-state index in [9.17, 15) is 14.0 Å². The number of amides is 2. The van der Waals surface area contributed by atoms with E-state index >= 15 is 0 Å². The number of carbonyl (C=O) groups is 2.